The molecule has 0 atom stereocenters. The highest BCUT2D eigenvalue weighted by Crippen LogP contribution is 2.40. The number of benzene rings is 2. The van der Waals surface area contributed by atoms with E-state index in [0.29, 0.717) is 0 Å². The Morgan fingerprint density at radius 3 is 1.39 bits per heavy atom. The van der Waals surface area contributed by atoms with E-state index in [-0.39, 0.29) is 0 Å². The van der Waals surface area contributed by atoms with Crippen molar-refractivity contribution in [3.63, 3.8) is 0 Å². The summed E-state index contributed by atoms with van der Waals surface area (Å²) < 4.78 is 0. The molecule has 0 aliphatic rings. The normalized spacial score (nSPS) is 11.2. The average Bonchev–Trinajstić information content (AvgIpc) is 2.89. The molecule has 0 fully saturated rings. The first kappa shape index (κ1) is 19.6. The van der Waals surface area contributed by atoms with Crippen LogP contribution in [0.2, 0.25) is 0 Å². The minimum atomic E-state index is 0.722. The van der Waals surface area contributed by atoms with Crippen LogP contribution in [0.3, 0.4) is 0 Å². The third-order valence-electron chi connectivity index (χ3n) is 5.47. The molecule has 5 heteroatoms. The van der Waals surface area contributed by atoms with Crippen molar-refractivity contribution in [2.45, 2.75) is 10.1 Å². The van der Waals surface area contributed by atoms with Crippen molar-refractivity contribution in [1.29, 1.82) is 0 Å². The topological polar surface area (TPSA) is 51.6 Å². The highest BCUT2D eigenvalue weighted by molar-refractivity contribution is 7.99. The van der Waals surface area contributed by atoms with Crippen LogP contribution in [0.4, 0.5) is 0 Å². The lowest BCUT2D eigenvalue weighted by atomic mass is 10.1. The van der Waals surface area contributed by atoms with Gasteiger partial charge in [0.15, 0.2) is 11.3 Å². The zero-order valence-corrected chi connectivity index (χ0v) is 18.4. The van der Waals surface area contributed by atoms with Crippen molar-refractivity contribution in [3.8, 4) is 22.3 Å². The van der Waals surface area contributed by atoms with Gasteiger partial charge in [0.1, 0.15) is 10.1 Å². The molecule has 33 heavy (non-hydrogen) atoms. The fraction of sp³-hybridized carbons (Fsp3) is 0. The van der Waals surface area contributed by atoms with Crippen LogP contribution >= 0.6 is 11.8 Å². The molecule has 6 aromatic rings. The Labute approximate surface area is 195 Å². The molecule has 2 aromatic carbocycles. The maximum absolute atomic E-state index is 4.95. The molecule has 0 N–H and O–H groups in total. The molecule has 0 amide bonds. The number of pyridine rings is 4. The van der Waals surface area contributed by atoms with Gasteiger partial charge in [0.25, 0.3) is 0 Å². The van der Waals surface area contributed by atoms with Crippen LogP contribution in [0, 0.1) is 0 Å². The third kappa shape index (κ3) is 3.83. The molecular weight excluding hydrogens is 424 g/mol. The van der Waals surface area contributed by atoms with E-state index in [1.807, 2.05) is 60.7 Å². The molecule has 0 radical (unpaired) electrons. The summed E-state index contributed by atoms with van der Waals surface area (Å²) in [6.07, 6.45) is 3.55. The van der Waals surface area contributed by atoms with E-state index in [4.69, 9.17) is 9.97 Å². The van der Waals surface area contributed by atoms with Crippen LogP contribution in [-0.2, 0) is 0 Å². The van der Waals surface area contributed by atoms with Crippen LogP contribution in [-0.4, -0.2) is 19.9 Å². The fourth-order valence-electron chi connectivity index (χ4n) is 3.87. The second kappa shape index (κ2) is 8.45. The van der Waals surface area contributed by atoms with E-state index in [9.17, 15) is 0 Å². The van der Waals surface area contributed by atoms with E-state index in [1.165, 1.54) is 0 Å². The zero-order valence-electron chi connectivity index (χ0n) is 17.6. The highest BCUT2D eigenvalue weighted by Gasteiger charge is 2.16. The van der Waals surface area contributed by atoms with E-state index < -0.39 is 0 Å². The molecule has 6 rings (SSSR count). The molecule has 4 nitrogen and oxygen atoms in total. The van der Waals surface area contributed by atoms with Gasteiger partial charge in [0.05, 0.1) is 0 Å². The number of fused-ring (bicyclic) bond motifs is 2. The molecule has 4 aromatic heterocycles. The van der Waals surface area contributed by atoms with Crippen molar-refractivity contribution in [1.82, 2.24) is 19.9 Å². The monoisotopic (exact) mass is 442 g/mol. The standard InChI is InChI=1S/C28H18N4S/c1-3-9-19(10-4-1)23-17-21-13-7-15-29-25(21)31-27(23)33-28-24(20-11-5-2-6-12-20)18-22-14-8-16-30-26(22)32-28/h1-18H. The molecule has 0 spiro atoms. The molecule has 4 heterocycles. The second-order valence-electron chi connectivity index (χ2n) is 7.62. The number of aromatic nitrogens is 4. The van der Waals surface area contributed by atoms with Gasteiger partial charge >= 0.3 is 0 Å². The van der Waals surface area contributed by atoms with Gasteiger partial charge < -0.3 is 0 Å². The van der Waals surface area contributed by atoms with Gasteiger partial charge in [0, 0.05) is 34.3 Å². The van der Waals surface area contributed by atoms with E-state index in [0.717, 1.165) is 54.4 Å². The molecule has 0 saturated heterocycles. The average molecular weight is 443 g/mol. The third-order valence-corrected chi connectivity index (χ3v) is 6.48. The summed E-state index contributed by atoms with van der Waals surface area (Å²) in [7, 11) is 0. The minimum Gasteiger partial charge on any atom is -0.237 e. The molecule has 0 unspecified atom stereocenters. The van der Waals surface area contributed by atoms with Gasteiger partial charge in [-0.3, -0.25) is 0 Å². The Bertz CT molecular complexity index is 1460. The fourth-order valence-corrected chi connectivity index (χ4v) is 4.90. The Hall–Kier alpha value is -4.09. The molecule has 0 saturated carbocycles. The molecule has 0 bridgehead atoms. The summed E-state index contributed by atoms with van der Waals surface area (Å²) >= 11 is 1.56. The van der Waals surface area contributed by atoms with Crippen molar-refractivity contribution in [3.05, 3.63) is 109 Å². The number of nitrogens with zero attached hydrogens (tertiary/aromatic N) is 4. The van der Waals surface area contributed by atoms with Crippen LogP contribution < -0.4 is 0 Å². The van der Waals surface area contributed by atoms with Crippen LogP contribution in [0.15, 0.2) is 120 Å². The van der Waals surface area contributed by atoms with Gasteiger partial charge in [-0.05, 0) is 59.3 Å². The molecular formula is C28H18N4S. The molecule has 156 valence electrons. The highest BCUT2D eigenvalue weighted by atomic mass is 32.2. The zero-order chi connectivity index (χ0) is 22.0. The lowest BCUT2D eigenvalue weighted by Gasteiger charge is -2.13. The summed E-state index contributed by atoms with van der Waals surface area (Å²) in [6, 6.07) is 33.0. The van der Waals surface area contributed by atoms with Gasteiger partial charge in [-0.15, -0.1) is 0 Å². The van der Waals surface area contributed by atoms with Crippen LogP contribution in [0.25, 0.3) is 44.3 Å². The van der Waals surface area contributed by atoms with E-state index in [1.54, 1.807) is 24.2 Å². The maximum Gasteiger partial charge on any atom is 0.160 e. The summed E-state index contributed by atoms with van der Waals surface area (Å²) in [5.74, 6) is 0. The molecule has 0 aliphatic carbocycles. The van der Waals surface area contributed by atoms with Gasteiger partial charge in [-0.25, -0.2) is 19.9 Å². The summed E-state index contributed by atoms with van der Waals surface area (Å²) in [5, 5.41) is 3.76. The summed E-state index contributed by atoms with van der Waals surface area (Å²) in [4.78, 5) is 18.9. The van der Waals surface area contributed by atoms with Crippen molar-refractivity contribution >= 4 is 33.8 Å². The Kier molecular flexibility index (Phi) is 5.01. The summed E-state index contributed by atoms with van der Waals surface area (Å²) in [5.41, 5.74) is 5.78. The van der Waals surface area contributed by atoms with Crippen molar-refractivity contribution in [2.24, 2.45) is 0 Å². The smallest absolute Gasteiger partial charge is 0.160 e. The Morgan fingerprint density at radius 2 is 0.939 bits per heavy atom. The van der Waals surface area contributed by atoms with E-state index >= 15 is 0 Å². The number of hydrogen-bond donors (Lipinski definition) is 0. The van der Waals surface area contributed by atoms with E-state index in [2.05, 4.69) is 46.4 Å². The van der Waals surface area contributed by atoms with Crippen LogP contribution in [0.5, 0.6) is 0 Å². The quantitative estimate of drug-likeness (QED) is 0.292. The predicted molar refractivity (Wildman–Crippen MR) is 134 cm³/mol. The number of rotatable bonds is 4. The Balaban J connectivity index is 1.57. The SMILES string of the molecule is c1ccc(-c2cc3cccnc3nc2Sc2nc3ncccc3cc2-c2ccccc2)cc1. The van der Waals surface area contributed by atoms with Crippen molar-refractivity contribution in [2.75, 3.05) is 0 Å². The van der Waals surface area contributed by atoms with Crippen molar-refractivity contribution < 1.29 is 0 Å². The summed E-state index contributed by atoms with van der Waals surface area (Å²) in [6.45, 7) is 0. The lowest BCUT2D eigenvalue weighted by molar-refractivity contribution is 1.11. The Morgan fingerprint density at radius 1 is 0.485 bits per heavy atom. The minimum absolute atomic E-state index is 0.722. The second-order valence-corrected chi connectivity index (χ2v) is 8.59. The first-order valence-electron chi connectivity index (χ1n) is 10.7. The largest absolute Gasteiger partial charge is 0.237 e. The predicted octanol–water partition coefficient (Wildman–Crippen LogP) is 7.06. The maximum atomic E-state index is 4.95. The van der Waals surface area contributed by atoms with Gasteiger partial charge in [0.2, 0.25) is 0 Å². The van der Waals surface area contributed by atoms with Gasteiger partial charge in [-0.1, -0.05) is 60.7 Å². The van der Waals surface area contributed by atoms with Gasteiger partial charge in [-0.2, -0.15) is 0 Å². The molecule has 0 aliphatic heterocycles. The first-order valence-corrected chi connectivity index (χ1v) is 11.5. The number of hydrogen-bond acceptors (Lipinski definition) is 5. The first-order chi connectivity index (χ1) is 16.3. The van der Waals surface area contributed by atoms with Crippen LogP contribution in [0.1, 0.15) is 0 Å². The lowest BCUT2D eigenvalue weighted by Crippen LogP contribution is -1.95.